The molecule has 2 aromatic carbocycles. The highest BCUT2D eigenvalue weighted by Crippen LogP contribution is 2.28. The average Bonchev–Trinajstić information content (AvgIpc) is 3.01. The first-order chi connectivity index (χ1) is 13.0. The minimum atomic E-state index is -0.254. The molecule has 0 aliphatic heterocycles. The Morgan fingerprint density at radius 2 is 1.89 bits per heavy atom. The maximum atomic E-state index is 13.1. The number of nitrogens with one attached hydrogen (secondary N) is 2. The molecular weight excluding hydrogens is 341 g/mol. The molecule has 1 heterocycles. The third-order valence-electron chi connectivity index (χ3n) is 4.97. The second-order valence-electron chi connectivity index (χ2n) is 7.14. The molecule has 4 N–H and O–H groups in total. The van der Waals surface area contributed by atoms with Crippen molar-refractivity contribution < 1.29 is 9.18 Å². The van der Waals surface area contributed by atoms with Gasteiger partial charge in [0.2, 0.25) is 0 Å². The molecule has 5 heteroatoms. The highest BCUT2D eigenvalue weighted by atomic mass is 19.1. The molecule has 27 heavy (non-hydrogen) atoms. The summed E-state index contributed by atoms with van der Waals surface area (Å²) in [4.78, 5) is 15.8. The Kier molecular flexibility index (Phi) is 5.91. The predicted molar refractivity (Wildman–Crippen MR) is 108 cm³/mol. The number of rotatable bonds is 7. The van der Waals surface area contributed by atoms with Gasteiger partial charge in [0, 0.05) is 17.4 Å². The zero-order valence-electron chi connectivity index (χ0n) is 15.8. The van der Waals surface area contributed by atoms with Gasteiger partial charge in [0.25, 0.3) is 5.91 Å². The maximum Gasteiger partial charge on any atom is 0.268 e. The van der Waals surface area contributed by atoms with E-state index in [1.54, 1.807) is 12.1 Å². The highest BCUT2D eigenvalue weighted by molar-refractivity contribution is 6.01. The van der Waals surface area contributed by atoms with Crippen molar-refractivity contribution >= 4 is 16.8 Å². The van der Waals surface area contributed by atoms with E-state index in [-0.39, 0.29) is 11.7 Å². The Morgan fingerprint density at radius 1 is 1.19 bits per heavy atom. The number of amides is 1. The minimum absolute atomic E-state index is 0.0911. The first-order valence-corrected chi connectivity index (χ1v) is 9.36. The van der Waals surface area contributed by atoms with Crippen LogP contribution in [0.2, 0.25) is 0 Å². The molecule has 0 fully saturated rings. The van der Waals surface area contributed by atoms with Crippen molar-refractivity contribution in [2.45, 2.75) is 26.7 Å². The lowest BCUT2D eigenvalue weighted by Crippen LogP contribution is -2.29. The van der Waals surface area contributed by atoms with Gasteiger partial charge in [-0.1, -0.05) is 31.2 Å². The largest absolute Gasteiger partial charge is 0.350 e. The van der Waals surface area contributed by atoms with E-state index in [9.17, 15) is 9.18 Å². The van der Waals surface area contributed by atoms with Crippen LogP contribution in [0, 0.1) is 18.7 Å². The summed E-state index contributed by atoms with van der Waals surface area (Å²) in [5, 5.41) is 4.03. The molecule has 142 valence electrons. The summed E-state index contributed by atoms with van der Waals surface area (Å²) >= 11 is 0. The zero-order valence-corrected chi connectivity index (χ0v) is 15.8. The molecule has 0 saturated carbocycles. The van der Waals surface area contributed by atoms with Crippen molar-refractivity contribution in [1.29, 1.82) is 0 Å². The fourth-order valence-electron chi connectivity index (χ4n) is 3.31. The van der Waals surface area contributed by atoms with Crippen LogP contribution < -0.4 is 11.1 Å². The van der Waals surface area contributed by atoms with E-state index in [2.05, 4.69) is 17.2 Å². The lowest BCUT2D eigenvalue weighted by atomic mass is 10.0. The summed E-state index contributed by atoms with van der Waals surface area (Å²) in [5.74, 6) is 0.0501. The minimum Gasteiger partial charge on any atom is -0.350 e. The molecule has 0 bridgehead atoms. The quantitative estimate of drug-likeness (QED) is 0.580. The lowest BCUT2D eigenvalue weighted by Gasteiger charge is -2.11. The number of carbonyl (C=O) groups is 1. The van der Waals surface area contributed by atoms with E-state index in [4.69, 9.17) is 5.73 Å². The summed E-state index contributed by atoms with van der Waals surface area (Å²) < 4.78 is 13.1. The molecule has 0 spiro atoms. The van der Waals surface area contributed by atoms with Gasteiger partial charge in [-0.25, -0.2) is 4.39 Å². The topological polar surface area (TPSA) is 70.9 Å². The van der Waals surface area contributed by atoms with Gasteiger partial charge in [-0.15, -0.1) is 0 Å². The van der Waals surface area contributed by atoms with Crippen molar-refractivity contribution in [3.8, 4) is 11.1 Å². The van der Waals surface area contributed by atoms with Gasteiger partial charge < -0.3 is 16.0 Å². The molecule has 0 aliphatic carbocycles. The fourth-order valence-corrected chi connectivity index (χ4v) is 3.31. The van der Waals surface area contributed by atoms with Gasteiger partial charge >= 0.3 is 0 Å². The van der Waals surface area contributed by atoms with E-state index >= 15 is 0 Å². The number of fused-ring (bicyclic) bond motifs is 1. The summed E-state index contributed by atoms with van der Waals surface area (Å²) in [6.07, 6.45) is 1.97. The summed E-state index contributed by atoms with van der Waals surface area (Å²) in [7, 11) is 0. The van der Waals surface area contributed by atoms with Gasteiger partial charge in [0.1, 0.15) is 11.5 Å². The molecule has 0 radical (unpaired) electrons. The molecule has 1 aromatic heterocycles. The summed E-state index contributed by atoms with van der Waals surface area (Å²) in [6.45, 7) is 5.37. The zero-order chi connectivity index (χ0) is 19.4. The Bertz CT molecular complexity index is 931. The van der Waals surface area contributed by atoms with Crippen molar-refractivity contribution in [2.75, 3.05) is 13.1 Å². The second kappa shape index (κ2) is 8.35. The van der Waals surface area contributed by atoms with Gasteiger partial charge in [-0.3, -0.25) is 4.79 Å². The van der Waals surface area contributed by atoms with Crippen molar-refractivity contribution in [1.82, 2.24) is 10.3 Å². The Balaban J connectivity index is 1.79. The van der Waals surface area contributed by atoms with Crippen molar-refractivity contribution in [3.63, 3.8) is 0 Å². The van der Waals surface area contributed by atoms with Crippen LogP contribution in [-0.4, -0.2) is 24.0 Å². The summed E-state index contributed by atoms with van der Waals surface area (Å²) in [6, 6.07) is 12.4. The first-order valence-electron chi connectivity index (χ1n) is 9.36. The Morgan fingerprint density at radius 3 is 2.59 bits per heavy atom. The molecular formula is C22H26FN3O. The molecule has 1 atom stereocenters. The number of halogens is 1. The standard InChI is InChI=1S/C22H26FN3O/c1-14(4-3-11-24)13-25-22(27)21-15(2)19-10-7-17(12-20(19)26-21)16-5-8-18(23)9-6-16/h5-10,12,14,26H,3-4,11,13,24H2,1-2H3,(H,25,27)/t14-/m0/s1. The number of H-pyrrole nitrogens is 1. The molecule has 4 nitrogen and oxygen atoms in total. The third kappa shape index (κ3) is 4.37. The molecule has 3 aromatic rings. The van der Waals surface area contributed by atoms with Crippen molar-refractivity contribution in [3.05, 3.63) is 59.5 Å². The third-order valence-corrected chi connectivity index (χ3v) is 4.97. The SMILES string of the molecule is Cc1c(C(=O)NC[C@@H](C)CCCN)[nH]c2cc(-c3ccc(F)cc3)ccc12. The first kappa shape index (κ1) is 19.1. The number of hydrogen-bond acceptors (Lipinski definition) is 2. The molecule has 3 rings (SSSR count). The molecule has 0 aliphatic rings. The summed E-state index contributed by atoms with van der Waals surface area (Å²) in [5.41, 5.74) is 9.87. The molecule has 0 unspecified atom stereocenters. The van der Waals surface area contributed by atoms with Crippen LogP contribution in [0.4, 0.5) is 4.39 Å². The van der Waals surface area contributed by atoms with E-state index in [1.165, 1.54) is 12.1 Å². The normalized spacial score (nSPS) is 12.3. The number of benzene rings is 2. The average molecular weight is 367 g/mol. The van der Waals surface area contributed by atoms with Crippen LogP contribution >= 0.6 is 0 Å². The van der Waals surface area contributed by atoms with Gasteiger partial charge in [-0.2, -0.15) is 0 Å². The monoisotopic (exact) mass is 367 g/mol. The Labute approximate surface area is 159 Å². The second-order valence-corrected chi connectivity index (χ2v) is 7.14. The van der Waals surface area contributed by atoms with Crippen LogP contribution in [0.3, 0.4) is 0 Å². The number of aromatic nitrogens is 1. The van der Waals surface area contributed by atoms with Gasteiger partial charge in [-0.05, 0) is 67.1 Å². The Hall–Kier alpha value is -2.66. The van der Waals surface area contributed by atoms with Crippen LogP contribution in [0.5, 0.6) is 0 Å². The number of nitrogens with two attached hydrogens (primary N) is 1. The fraction of sp³-hybridized carbons (Fsp3) is 0.318. The number of aromatic amines is 1. The van der Waals surface area contributed by atoms with E-state index < -0.39 is 0 Å². The van der Waals surface area contributed by atoms with Gasteiger partial charge in [0.05, 0.1) is 0 Å². The van der Waals surface area contributed by atoms with Crippen molar-refractivity contribution in [2.24, 2.45) is 11.7 Å². The number of aryl methyl sites for hydroxylation is 1. The number of carbonyl (C=O) groups excluding carboxylic acids is 1. The van der Waals surface area contributed by atoms with E-state index in [1.807, 2.05) is 25.1 Å². The highest BCUT2D eigenvalue weighted by Gasteiger charge is 2.16. The smallest absolute Gasteiger partial charge is 0.268 e. The predicted octanol–water partition coefficient (Wildman–Crippen LogP) is 4.39. The van der Waals surface area contributed by atoms with E-state index in [0.29, 0.717) is 24.7 Å². The van der Waals surface area contributed by atoms with Gasteiger partial charge in [0.15, 0.2) is 0 Å². The van der Waals surface area contributed by atoms with Crippen LogP contribution in [0.25, 0.3) is 22.0 Å². The van der Waals surface area contributed by atoms with Crippen LogP contribution in [-0.2, 0) is 0 Å². The lowest BCUT2D eigenvalue weighted by molar-refractivity contribution is 0.0942. The van der Waals surface area contributed by atoms with E-state index in [0.717, 1.165) is 40.4 Å². The van der Waals surface area contributed by atoms with Crippen LogP contribution in [0.15, 0.2) is 42.5 Å². The molecule has 1 amide bonds. The maximum absolute atomic E-state index is 13.1. The molecule has 0 saturated heterocycles. The number of hydrogen-bond donors (Lipinski definition) is 3. The van der Waals surface area contributed by atoms with Crippen LogP contribution in [0.1, 0.15) is 35.8 Å².